The Balaban J connectivity index is 2.54. The Morgan fingerprint density at radius 1 is 1.50 bits per heavy atom. The van der Waals surface area contributed by atoms with Crippen molar-refractivity contribution in [2.24, 2.45) is 0 Å². The smallest absolute Gasteiger partial charge is 0.156 e. The minimum absolute atomic E-state index is 0.504. The summed E-state index contributed by atoms with van der Waals surface area (Å²) < 4.78 is 6.29. The van der Waals surface area contributed by atoms with Crippen molar-refractivity contribution in [1.29, 1.82) is 5.26 Å². The van der Waals surface area contributed by atoms with Crippen LogP contribution in [-0.2, 0) is 0 Å². The second kappa shape index (κ2) is 5.51. The minimum atomic E-state index is 0.504. The van der Waals surface area contributed by atoms with E-state index in [1.807, 2.05) is 12.1 Å². The summed E-state index contributed by atoms with van der Waals surface area (Å²) in [6.07, 6.45) is 1.22. The number of nitriles is 1. The summed E-state index contributed by atoms with van der Waals surface area (Å²) in [5, 5.41) is 8.33. The topological polar surface area (TPSA) is 59.0 Å². The van der Waals surface area contributed by atoms with Gasteiger partial charge in [-0.25, -0.2) is 0 Å². The minimum Gasteiger partial charge on any atom is -0.490 e. The highest BCUT2D eigenvalue weighted by molar-refractivity contribution is 9.10. The quantitative estimate of drug-likeness (QED) is 0.664. The average Bonchev–Trinajstić information content (AvgIpc) is 2.16. The molecule has 1 aromatic carbocycles. The zero-order valence-electron chi connectivity index (χ0n) is 7.66. The van der Waals surface area contributed by atoms with Gasteiger partial charge in [-0.15, -0.1) is 0 Å². The second-order valence-corrected chi connectivity index (χ2v) is 3.62. The molecule has 0 saturated heterocycles. The van der Waals surface area contributed by atoms with Crippen molar-refractivity contribution in [2.45, 2.75) is 12.8 Å². The van der Waals surface area contributed by atoms with Crippen molar-refractivity contribution < 1.29 is 4.74 Å². The molecule has 0 amide bonds. The lowest BCUT2D eigenvalue weighted by atomic mass is 10.3. The largest absolute Gasteiger partial charge is 0.490 e. The van der Waals surface area contributed by atoms with Gasteiger partial charge in [-0.2, -0.15) is 5.26 Å². The van der Waals surface area contributed by atoms with Crippen LogP contribution in [0.2, 0.25) is 0 Å². The Bertz CT molecular complexity index is 326. The summed E-state index contributed by atoms with van der Waals surface area (Å²) in [6, 6.07) is 7.56. The van der Waals surface area contributed by atoms with Gasteiger partial charge in [0, 0.05) is 6.42 Å². The Morgan fingerprint density at radius 2 is 2.29 bits per heavy atom. The molecule has 0 unspecified atom stereocenters. The molecule has 0 aromatic heterocycles. The number of hydrogen-bond donors (Lipinski definition) is 1. The highest BCUT2D eigenvalue weighted by Crippen LogP contribution is 2.30. The molecule has 0 fully saturated rings. The van der Waals surface area contributed by atoms with E-state index >= 15 is 0 Å². The Hall–Kier alpha value is -1.21. The van der Waals surface area contributed by atoms with Crippen LogP contribution < -0.4 is 10.5 Å². The first kappa shape index (κ1) is 10.9. The molecule has 0 aliphatic carbocycles. The molecule has 1 aromatic rings. The molecule has 14 heavy (non-hydrogen) atoms. The van der Waals surface area contributed by atoms with Crippen molar-refractivity contribution in [1.82, 2.24) is 0 Å². The third kappa shape index (κ3) is 2.93. The maximum absolute atomic E-state index is 8.33. The number of anilines is 1. The first-order valence-corrected chi connectivity index (χ1v) is 5.08. The first-order chi connectivity index (χ1) is 6.75. The van der Waals surface area contributed by atoms with Crippen molar-refractivity contribution >= 4 is 21.6 Å². The molecular weight excluding hydrogens is 244 g/mol. The van der Waals surface area contributed by atoms with E-state index in [-0.39, 0.29) is 0 Å². The van der Waals surface area contributed by atoms with Crippen LogP contribution in [0, 0.1) is 11.3 Å². The predicted molar refractivity (Wildman–Crippen MR) is 58.9 cm³/mol. The number of hydrogen-bond acceptors (Lipinski definition) is 3. The molecule has 1 rings (SSSR count). The molecule has 4 heteroatoms. The van der Waals surface area contributed by atoms with Crippen LogP contribution in [-0.4, -0.2) is 6.61 Å². The van der Waals surface area contributed by atoms with Crippen LogP contribution in [0.1, 0.15) is 12.8 Å². The number of nitrogens with two attached hydrogens (primary N) is 1. The Kier molecular flexibility index (Phi) is 4.27. The third-order valence-corrected chi connectivity index (χ3v) is 2.30. The number of nitrogen functional groups attached to an aromatic ring is 1. The zero-order valence-corrected chi connectivity index (χ0v) is 9.25. The summed E-state index contributed by atoms with van der Waals surface area (Å²) in [7, 11) is 0. The van der Waals surface area contributed by atoms with Gasteiger partial charge in [-0.05, 0) is 34.5 Å². The predicted octanol–water partition coefficient (Wildman–Crippen LogP) is 2.71. The Labute approximate surface area is 91.6 Å². The number of halogens is 1. The fourth-order valence-electron chi connectivity index (χ4n) is 1.00. The monoisotopic (exact) mass is 254 g/mol. The van der Waals surface area contributed by atoms with Crippen LogP contribution in [0.5, 0.6) is 5.75 Å². The summed E-state index contributed by atoms with van der Waals surface area (Å²) in [4.78, 5) is 0. The van der Waals surface area contributed by atoms with Gasteiger partial charge in [0.15, 0.2) is 5.75 Å². The molecule has 74 valence electrons. The lowest BCUT2D eigenvalue weighted by molar-refractivity contribution is 0.312. The normalized spacial score (nSPS) is 9.43. The summed E-state index contributed by atoms with van der Waals surface area (Å²) in [6.45, 7) is 0.514. The zero-order chi connectivity index (χ0) is 10.4. The lowest BCUT2D eigenvalue weighted by Crippen LogP contribution is -2.00. The van der Waals surface area contributed by atoms with E-state index in [4.69, 9.17) is 15.7 Å². The highest BCUT2D eigenvalue weighted by atomic mass is 79.9. The second-order valence-electron chi connectivity index (χ2n) is 2.77. The van der Waals surface area contributed by atoms with Crippen molar-refractivity contribution in [3.8, 4) is 11.8 Å². The number of benzene rings is 1. The number of ether oxygens (including phenoxy) is 1. The molecule has 2 N–H and O–H groups in total. The average molecular weight is 255 g/mol. The maximum Gasteiger partial charge on any atom is 0.156 e. The first-order valence-electron chi connectivity index (χ1n) is 4.29. The van der Waals surface area contributed by atoms with Crippen molar-refractivity contribution in [3.05, 3.63) is 22.7 Å². The molecule has 0 radical (unpaired) electrons. The number of para-hydroxylation sites is 1. The van der Waals surface area contributed by atoms with E-state index in [9.17, 15) is 0 Å². The van der Waals surface area contributed by atoms with Crippen LogP contribution in [0.25, 0.3) is 0 Å². The highest BCUT2D eigenvalue weighted by Gasteiger charge is 2.04. The summed E-state index contributed by atoms with van der Waals surface area (Å²) in [5.74, 6) is 0.658. The van der Waals surface area contributed by atoms with Gasteiger partial charge in [0.05, 0.1) is 22.8 Å². The van der Waals surface area contributed by atoms with Gasteiger partial charge in [-0.1, -0.05) is 6.07 Å². The van der Waals surface area contributed by atoms with Crippen LogP contribution in [0.3, 0.4) is 0 Å². The molecule has 0 aliphatic heterocycles. The SMILES string of the molecule is N#CCCCOc1c(N)cccc1Br. The number of nitrogens with zero attached hydrogens (tertiary/aromatic N) is 1. The van der Waals surface area contributed by atoms with E-state index in [2.05, 4.69) is 22.0 Å². The standard InChI is InChI=1S/C10H11BrN2O/c11-8-4-3-5-9(13)10(8)14-7-2-1-6-12/h3-5H,1-2,7,13H2. The molecule has 0 heterocycles. The molecular formula is C10H11BrN2O. The Morgan fingerprint density at radius 3 is 2.93 bits per heavy atom. The van der Waals surface area contributed by atoms with E-state index < -0.39 is 0 Å². The number of rotatable bonds is 4. The van der Waals surface area contributed by atoms with Crippen molar-refractivity contribution in [3.63, 3.8) is 0 Å². The van der Waals surface area contributed by atoms with Gasteiger partial charge in [0.2, 0.25) is 0 Å². The fourth-order valence-corrected chi connectivity index (χ4v) is 1.50. The maximum atomic E-state index is 8.33. The molecule has 0 atom stereocenters. The van der Waals surface area contributed by atoms with Crippen LogP contribution >= 0.6 is 15.9 Å². The van der Waals surface area contributed by atoms with E-state index in [1.54, 1.807) is 6.07 Å². The van der Waals surface area contributed by atoms with Gasteiger partial charge in [0.1, 0.15) is 0 Å². The lowest BCUT2D eigenvalue weighted by Gasteiger charge is -2.09. The van der Waals surface area contributed by atoms with Gasteiger partial charge < -0.3 is 10.5 Å². The number of unbranched alkanes of at least 4 members (excludes halogenated alkanes) is 1. The van der Waals surface area contributed by atoms with Gasteiger partial charge >= 0.3 is 0 Å². The van der Waals surface area contributed by atoms with E-state index in [0.29, 0.717) is 24.5 Å². The van der Waals surface area contributed by atoms with Crippen molar-refractivity contribution in [2.75, 3.05) is 12.3 Å². The van der Waals surface area contributed by atoms with Gasteiger partial charge in [0.25, 0.3) is 0 Å². The third-order valence-electron chi connectivity index (χ3n) is 1.68. The van der Waals surface area contributed by atoms with Crippen LogP contribution in [0.15, 0.2) is 22.7 Å². The molecule has 0 saturated carbocycles. The summed E-state index contributed by atoms with van der Waals surface area (Å²) >= 11 is 3.35. The molecule has 0 aliphatic rings. The molecule has 3 nitrogen and oxygen atoms in total. The molecule has 0 spiro atoms. The van der Waals surface area contributed by atoms with Crippen LogP contribution in [0.4, 0.5) is 5.69 Å². The summed E-state index contributed by atoms with van der Waals surface area (Å²) in [5.41, 5.74) is 6.32. The van der Waals surface area contributed by atoms with Gasteiger partial charge in [-0.3, -0.25) is 0 Å². The van der Waals surface area contributed by atoms with E-state index in [0.717, 1.165) is 10.9 Å². The van der Waals surface area contributed by atoms with E-state index in [1.165, 1.54) is 0 Å². The molecule has 0 bridgehead atoms. The fraction of sp³-hybridized carbons (Fsp3) is 0.300.